The van der Waals surface area contributed by atoms with Crippen molar-refractivity contribution in [1.29, 1.82) is 0 Å². The number of rotatable bonds is 4. The summed E-state index contributed by atoms with van der Waals surface area (Å²) in [7, 11) is -1.22. The Hall–Kier alpha value is -0.920. The van der Waals surface area contributed by atoms with Crippen LogP contribution in [0, 0.1) is 5.92 Å². The average molecular weight is 286 g/mol. The standard InChI is InChI=1S/C12H22N4O2S/c1-15-7-5-12(14-15)11(13)8-10-4-3-6-16(9-10)19(2,17)18/h5,7,10-11H,3-4,6,8-9,13H2,1-2H3. The molecule has 1 saturated heterocycles. The van der Waals surface area contributed by atoms with Gasteiger partial charge in [-0.1, -0.05) is 0 Å². The normalized spacial score (nSPS) is 23.4. The van der Waals surface area contributed by atoms with E-state index in [1.54, 1.807) is 8.99 Å². The minimum atomic E-state index is -3.08. The number of aryl methyl sites for hydroxylation is 1. The van der Waals surface area contributed by atoms with E-state index in [1.807, 2.05) is 19.3 Å². The zero-order valence-electron chi connectivity index (χ0n) is 11.5. The van der Waals surface area contributed by atoms with E-state index in [-0.39, 0.29) is 6.04 Å². The van der Waals surface area contributed by atoms with Gasteiger partial charge in [0, 0.05) is 32.4 Å². The Kier molecular flexibility index (Phi) is 4.27. The molecule has 2 atom stereocenters. The second-order valence-electron chi connectivity index (χ2n) is 5.39. The summed E-state index contributed by atoms with van der Waals surface area (Å²) in [6.07, 6.45) is 5.87. The topological polar surface area (TPSA) is 81.2 Å². The Morgan fingerprint density at radius 1 is 1.58 bits per heavy atom. The van der Waals surface area contributed by atoms with Gasteiger partial charge in [-0.05, 0) is 31.2 Å². The highest BCUT2D eigenvalue weighted by atomic mass is 32.2. The lowest BCUT2D eigenvalue weighted by Crippen LogP contribution is -2.40. The summed E-state index contributed by atoms with van der Waals surface area (Å²) < 4.78 is 26.4. The Morgan fingerprint density at radius 3 is 2.89 bits per heavy atom. The second-order valence-corrected chi connectivity index (χ2v) is 7.37. The maximum Gasteiger partial charge on any atom is 0.211 e. The lowest BCUT2D eigenvalue weighted by Gasteiger charge is -2.31. The number of hydrogen-bond donors (Lipinski definition) is 1. The van der Waals surface area contributed by atoms with E-state index >= 15 is 0 Å². The fraction of sp³-hybridized carbons (Fsp3) is 0.750. The Labute approximate surface area is 114 Å². The molecule has 2 unspecified atom stereocenters. The van der Waals surface area contributed by atoms with Crippen molar-refractivity contribution in [1.82, 2.24) is 14.1 Å². The first kappa shape index (κ1) is 14.5. The molecule has 0 saturated carbocycles. The highest BCUT2D eigenvalue weighted by Gasteiger charge is 2.27. The number of nitrogens with two attached hydrogens (primary N) is 1. The van der Waals surface area contributed by atoms with Crippen LogP contribution in [0.5, 0.6) is 0 Å². The Bertz CT molecular complexity index is 526. The molecule has 1 aromatic rings. The highest BCUT2D eigenvalue weighted by molar-refractivity contribution is 7.88. The van der Waals surface area contributed by atoms with Crippen LogP contribution < -0.4 is 5.73 Å². The molecular formula is C12H22N4O2S. The highest BCUT2D eigenvalue weighted by Crippen LogP contribution is 2.26. The van der Waals surface area contributed by atoms with Crippen LogP contribution in [0.25, 0.3) is 0 Å². The van der Waals surface area contributed by atoms with Crippen LogP contribution in [0.4, 0.5) is 0 Å². The average Bonchev–Trinajstić information content (AvgIpc) is 2.75. The van der Waals surface area contributed by atoms with Gasteiger partial charge in [-0.25, -0.2) is 12.7 Å². The van der Waals surface area contributed by atoms with Crippen molar-refractivity contribution in [2.45, 2.75) is 25.3 Å². The maximum absolute atomic E-state index is 11.6. The van der Waals surface area contributed by atoms with E-state index in [9.17, 15) is 8.42 Å². The summed E-state index contributed by atoms with van der Waals surface area (Å²) in [5, 5.41) is 4.30. The van der Waals surface area contributed by atoms with Crippen molar-refractivity contribution < 1.29 is 8.42 Å². The monoisotopic (exact) mass is 286 g/mol. The van der Waals surface area contributed by atoms with Crippen LogP contribution in [-0.4, -0.2) is 41.8 Å². The van der Waals surface area contributed by atoms with Gasteiger partial charge >= 0.3 is 0 Å². The van der Waals surface area contributed by atoms with Gasteiger partial charge in [0.05, 0.1) is 11.9 Å². The van der Waals surface area contributed by atoms with E-state index in [1.165, 1.54) is 6.26 Å². The Morgan fingerprint density at radius 2 is 2.32 bits per heavy atom. The molecule has 2 heterocycles. The fourth-order valence-electron chi connectivity index (χ4n) is 2.63. The molecular weight excluding hydrogens is 264 g/mol. The molecule has 2 N–H and O–H groups in total. The maximum atomic E-state index is 11.6. The van der Waals surface area contributed by atoms with E-state index in [0.717, 1.165) is 25.0 Å². The lowest BCUT2D eigenvalue weighted by molar-refractivity contribution is 0.246. The molecule has 0 aromatic carbocycles. The molecule has 0 spiro atoms. The number of sulfonamides is 1. The van der Waals surface area contributed by atoms with Crippen LogP contribution in [-0.2, 0) is 17.1 Å². The molecule has 19 heavy (non-hydrogen) atoms. The summed E-state index contributed by atoms with van der Waals surface area (Å²) in [5.41, 5.74) is 7.02. The van der Waals surface area contributed by atoms with Crippen LogP contribution >= 0.6 is 0 Å². The molecule has 0 bridgehead atoms. The molecule has 0 aliphatic carbocycles. The van der Waals surface area contributed by atoms with Crippen molar-refractivity contribution >= 4 is 10.0 Å². The largest absolute Gasteiger partial charge is 0.323 e. The Balaban J connectivity index is 1.95. The fourth-order valence-corrected chi connectivity index (χ4v) is 3.57. The number of nitrogens with zero attached hydrogens (tertiary/aromatic N) is 3. The first-order valence-electron chi connectivity index (χ1n) is 6.56. The molecule has 2 rings (SSSR count). The molecule has 1 aliphatic rings. The number of aromatic nitrogens is 2. The third kappa shape index (κ3) is 3.77. The quantitative estimate of drug-likeness (QED) is 0.873. The van der Waals surface area contributed by atoms with Crippen molar-refractivity contribution in [2.24, 2.45) is 18.7 Å². The van der Waals surface area contributed by atoms with Gasteiger partial charge in [0.15, 0.2) is 0 Å². The minimum absolute atomic E-state index is 0.120. The van der Waals surface area contributed by atoms with Crippen molar-refractivity contribution in [3.05, 3.63) is 18.0 Å². The van der Waals surface area contributed by atoms with Gasteiger partial charge in [-0.15, -0.1) is 0 Å². The molecule has 1 aromatic heterocycles. The molecule has 6 nitrogen and oxygen atoms in total. The molecule has 108 valence electrons. The first-order valence-corrected chi connectivity index (χ1v) is 8.41. The van der Waals surface area contributed by atoms with Gasteiger partial charge in [-0.2, -0.15) is 5.10 Å². The summed E-state index contributed by atoms with van der Waals surface area (Å²) in [6, 6.07) is 1.80. The molecule has 0 amide bonds. The third-order valence-electron chi connectivity index (χ3n) is 3.65. The minimum Gasteiger partial charge on any atom is -0.323 e. The lowest BCUT2D eigenvalue weighted by atomic mass is 9.92. The predicted octanol–water partition coefficient (Wildman–Crippen LogP) is 0.482. The van der Waals surface area contributed by atoms with E-state index in [0.29, 0.717) is 19.0 Å². The summed E-state index contributed by atoms with van der Waals surface area (Å²) >= 11 is 0. The van der Waals surface area contributed by atoms with Gasteiger partial charge in [0.2, 0.25) is 10.0 Å². The number of hydrogen-bond acceptors (Lipinski definition) is 4. The van der Waals surface area contributed by atoms with Crippen LogP contribution in [0.2, 0.25) is 0 Å². The zero-order valence-corrected chi connectivity index (χ0v) is 12.3. The third-order valence-corrected chi connectivity index (χ3v) is 4.92. The molecule has 1 aliphatic heterocycles. The number of piperidine rings is 1. The van der Waals surface area contributed by atoms with Crippen LogP contribution in [0.15, 0.2) is 12.3 Å². The van der Waals surface area contributed by atoms with Crippen LogP contribution in [0.3, 0.4) is 0 Å². The predicted molar refractivity (Wildman–Crippen MR) is 73.9 cm³/mol. The zero-order chi connectivity index (χ0) is 14.0. The summed E-state index contributed by atoms with van der Waals surface area (Å²) in [5.74, 6) is 0.320. The van der Waals surface area contributed by atoms with Gasteiger partial charge < -0.3 is 5.73 Å². The summed E-state index contributed by atoms with van der Waals surface area (Å²) in [6.45, 7) is 1.22. The smallest absolute Gasteiger partial charge is 0.211 e. The van der Waals surface area contributed by atoms with E-state index in [4.69, 9.17) is 5.73 Å². The molecule has 0 radical (unpaired) electrons. The SMILES string of the molecule is Cn1ccc(C(N)CC2CCCN(S(C)(=O)=O)C2)n1. The van der Waals surface area contributed by atoms with Crippen molar-refractivity contribution in [3.8, 4) is 0 Å². The van der Waals surface area contributed by atoms with E-state index < -0.39 is 10.0 Å². The van der Waals surface area contributed by atoms with Crippen molar-refractivity contribution in [2.75, 3.05) is 19.3 Å². The summed E-state index contributed by atoms with van der Waals surface area (Å²) in [4.78, 5) is 0. The van der Waals surface area contributed by atoms with Crippen LogP contribution in [0.1, 0.15) is 31.0 Å². The molecule has 7 heteroatoms. The molecule has 1 fully saturated rings. The van der Waals surface area contributed by atoms with Gasteiger partial charge in [0.1, 0.15) is 0 Å². The van der Waals surface area contributed by atoms with Gasteiger partial charge in [-0.3, -0.25) is 4.68 Å². The van der Waals surface area contributed by atoms with E-state index in [2.05, 4.69) is 5.10 Å². The van der Waals surface area contributed by atoms with Gasteiger partial charge in [0.25, 0.3) is 0 Å². The second kappa shape index (κ2) is 5.60. The first-order chi connectivity index (χ1) is 8.86. The van der Waals surface area contributed by atoms with Crippen molar-refractivity contribution in [3.63, 3.8) is 0 Å².